The number of ether oxygens (including phenoxy) is 1. The van der Waals surface area contributed by atoms with Crippen LogP contribution in [0.3, 0.4) is 0 Å². The summed E-state index contributed by atoms with van der Waals surface area (Å²) < 4.78 is 5.72. The van der Waals surface area contributed by atoms with Crippen molar-refractivity contribution in [2.75, 3.05) is 26.8 Å². The van der Waals surface area contributed by atoms with Crippen LogP contribution in [0.5, 0.6) is 0 Å². The van der Waals surface area contributed by atoms with Gasteiger partial charge in [0.2, 0.25) is 0 Å². The van der Waals surface area contributed by atoms with Crippen LogP contribution in [0.25, 0.3) is 0 Å². The van der Waals surface area contributed by atoms with Crippen molar-refractivity contribution in [1.82, 2.24) is 5.32 Å². The summed E-state index contributed by atoms with van der Waals surface area (Å²) in [6.45, 7) is 5.30. The molecule has 0 aromatic carbocycles. The van der Waals surface area contributed by atoms with E-state index in [0.29, 0.717) is 5.41 Å². The summed E-state index contributed by atoms with van der Waals surface area (Å²) in [6, 6.07) is 0. The predicted molar refractivity (Wildman–Crippen MR) is 69.8 cm³/mol. The average molecular weight is 227 g/mol. The first-order chi connectivity index (χ1) is 7.83. The van der Waals surface area contributed by atoms with Crippen molar-refractivity contribution in [2.45, 2.75) is 58.3 Å². The van der Waals surface area contributed by atoms with Gasteiger partial charge in [-0.1, -0.05) is 32.6 Å². The van der Waals surface area contributed by atoms with Crippen molar-refractivity contribution in [1.29, 1.82) is 0 Å². The van der Waals surface area contributed by atoms with Crippen molar-refractivity contribution in [2.24, 2.45) is 5.41 Å². The zero-order valence-corrected chi connectivity index (χ0v) is 11.2. The Morgan fingerprint density at radius 3 is 2.50 bits per heavy atom. The van der Waals surface area contributed by atoms with Crippen molar-refractivity contribution in [3.05, 3.63) is 0 Å². The second kappa shape index (κ2) is 8.08. The highest BCUT2D eigenvalue weighted by Gasteiger charge is 2.30. The molecule has 1 rings (SSSR count). The molecule has 2 nitrogen and oxygen atoms in total. The van der Waals surface area contributed by atoms with Gasteiger partial charge < -0.3 is 10.1 Å². The summed E-state index contributed by atoms with van der Waals surface area (Å²) in [5, 5.41) is 3.37. The van der Waals surface area contributed by atoms with Crippen LogP contribution >= 0.6 is 0 Å². The van der Waals surface area contributed by atoms with Gasteiger partial charge in [-0.05, 0) is 38.1 Å². The molecular formula is C14H29NO. The van der Waals surface area contributed by atoms with Crippen LogP contribution in [0, 0.1) is 5.41 Å². The summed E-state index contributed by atoms with van der Waals surface area (Å²) in [6.07, 6.45) is 10.7. The number of rotatable bonds is 8. The standard InChI is InChI=1S/C14H29NO/c1-3-4-11-16-12-10-14(13-15-2)8-6-5-7-9-14/h15H,3-13H2,1-2H3. The second-order valence-corrected chi connectivity index (χ2v) is 5.31. The minimum Gasteiger partial charge on any atom is -0.381 e. The molecule has 1 aliphatic carbocycles. The highest BCUT2D eigenvalue weighted by molar-refractivity contribution is 4.84. The lowest BCUT2D eigenvalue weighted by molar-refractivity contribution is 0.0726. The minimum absolute atomic E-state index is 0.541. The van der Waals surface area contributed by atoms with Gasteiger partial charge in [0.25, 0.3) is 0 Å². The summed E-state index contributed by atoms with van der Waals surface area (Å²) in [5.74, 6) is 0. The fourth-order valence-corrected chi connectivity index (χ4v) is 2.83. The Morgan fingerprint density at radius 2 is 1.88 bits per heavy atom. The zero-order chi connectivity index (χ0) is 11.7. The lowest BCUT2D eigenvalue weighted by Gasteiger charge is -2.37. The van der Waals surface area contributed by atoms with Gasteiger partial charge in [-0.2, -0.15) is 0 Å². The molecule has 1 saturated carbocycles. The molecule has 96 valence electrons. The third-order valence-corrected chi connectivity index (χ3v) is 3.88. The Bertz CT molecular complexity index is 159. The molecule has 0 unspecified atom stereocenters. The third kappa shape index (κ3) is 4.84. The normalized spacial score (nSPS) is 19.9. The van der Waals surface area contributed by atoms with E-state index in [-0.39, 0.29) is 0 Å². The van der Waals surface area contributed by atoms with Crippen LogP contribution in [0.15, 0.2) is 0 Å². The maximum absolute atomic E-state index is 5.72. The zero-order valence-electron chi connectivity index (χ0n) is 11.2. The highest BCUT2D eigenvalue weighted by Crippen LogP contribution is 2.38. The number of hydrogen-bond acceptors (Lipinski definition) is 2. The van der Waals surface area contributed by atoms with E-state index in [9.17, 15) is 0 Å². The largest absolute Gasteiger partial charge is 0.381 e. The molecule has 0 bridgehead atoms. The van der Waals surface area contributed by atoms with Gasteiger partial charge in [0.05, 0.1) is 0 Å². The Hall–Kier alpha value is -0.0800. The molecule has 0 heterocycles. The van der Waals surface area contributed by atoms with E-state index in [1.54, 1.807) is 0 Å². The highest BCUT2D eigenvalue weighted by atomic mass is 16.5. The smallest absolute Gasteiger partial charge is 0.0471 e. The second-order valence-electron chi connectivity index (χ2n) is 5.31. The number of nitrogens with one attached hydrogen (secondary N) is 1. The van der Waals surface area contributed by atoms with Crippen LogP contribution < -0.4 is 5.32 Å². The van der Waals surface area contributed by atoms with E-state index < -0.39 is 0 Å². The van der Waals surface area contributed by atoms with Crippen LogP contribution in [0.2, 0.25) is 0 Å². The molecule has 0 saturated heterocycles. The van der Waals surface area contributed by atoms with E-state index in [1.807, 2.05) is 0 Å². The van der Waals surface area contributed by atoms with Crippen LogP contribution in [0.1, 0.15) is 58.3 Å². The number of unbranched alkanes of at least 4 members (excludes halogenated alkanes) is 1. The third-order valence-electron chi connectivity index (χ3n) is 3.88. The summed E-state index contributed by atoms with van der Waals surface area (Å²) in [4.78, 5) is 0. The predicted octanol–water partition coefficient (Wildman–Crippen LogP) is 3.36. The lowest BCUT2D eigenvalue weighted by atomic mass is 9.72. The SMILES string of the molecule is CCCCOCCC1(CNC)CCCCC1. The first-order valence-corrected chi connectivity index (χ1v) is 7.05. The monoisotopic (exact) mass is 227 g/mol. The van der Waals surface area contributed by atoms with Crippen molar-refractivity contribution >= 4 is 0 Å². The molecule has 1 N–H and O–H groups in total. The van der Waals surface area contributed by atoms with E-state index in [4.69, 9.17) is 4.74 Å². The van der Waals surface area contributed by atoms with E-state index in [1.165, 1.54) is 57.9 Å². The van der Waals surface area contributed by atoms with Gasteiger partial charge in [0.1, 0.15) is 0 Å². The van der Waals surface area contributed by atoms with Crippen LogP contribution in [0.4, 0.5) is 0 Å². The Morgan fingerprint density at radius 1 is 1.12 bits per heavy atom. The quantitative estimate of drug-likeness (QED) is 0.642. The van der Waals surface area contributed by atoms with Gasteiger partial charge >= 0.3 is 0 Å². The molecule has 0 radical (unpaired) electrons. The molecule has 16 heavy (non-hydrogen) atoms. The fraction of sp³-hybridized carbons (Fsp3) is 1.00. The Kier molecular flexibility index (Phi) is 7.06. The average Bonchev–Trinajstić information content (AvgIpc) is 2.30. The lowest BCUT2D eigenvalue weighted by Crippen LogP contribution is -2.35. The Labute approximate surface area is 101 Å². The van der Waals surface area contributed by atoms with Gasteiger partial charge in [-0.3, -0.25) is 0 Å². The first kappa shape index (κ1) is 14.0. The van der Waals surface area contributed by atoms with Gasteiger partial charge in [0.15, 0.2) is 0 Å². The van der Waals surface area contributed by atoms with Gasteiger partial charge in [-0.25, -0.2) is 0 Å². The van der Waals surface area contributed by atoms with E-state index in [2.05, 4.69) is 19.3 Å². The van der Waals surface area contributed by atoms with Crippen molar-refractivity contribution in [3.8, 4) is 0 Å². The first-order valence-electron chi connectivity index (χ1n) is 7.05. The molecule has 2 heteroatoms. The molecule has 0 amide bonds. The molecule has 0 aromatic rings. The Balaban J connectivity index is 2.21. The molecule has 0 atom stereocenters. The summed E-state index contributed by atoms with van der Waals surface area (Å²) in [5.41, 5.74) is 0.541. The minimum atomic E-state index is 0.541. The molecule has 0 aromatic heterocycles. The van der Waals surface area contributed by atoms with Crippen LogP contribution in [-0.2, 0) is 4.74 Å². The molecule has 1 aliphatic rings. The van der Waals surface area contributed by atoms with E-state index >= 15 is 0 Å². The maximum atomic E-state index is 5.72. The topological polar surface area (TPSA) is 21.3 Å². The van der Waals surface area contributed by atoms with Crippen LogP contribution in [-0.4, -0.2) is 26.8 Å². The number of hydrogen-bond donors (Lipinski definition) is 1. The fourth-order valence-electron chi connectivity index (χ4n) is 2.83. The summed E-state index contributed by atoms with van der Waals surface area (Å²) >= 11 is 0. The van der Waals surface area contributed by atoms with Crippen molar-refractivity contribution < 1.29 is 4.74 Å². The molecule has 1 fully saturated rings. The van der Waals surface area contributed by atoms with Gasteiger partial charge in [0, 0.05) is 19.8 Å². The molecular weight excluding hydrogens is 198 g/mol. The molecule has 0 spiro atoms. The summed E-state index contributed by atoms with van der Waals surface area (Å²) in [7, 11) is 2.08. The van der Waals surface area contributed by atoms with Gasteiger partial charge in [-0.15, -0.1) is 0 Å². The molecule has 0 aliphatic heterocycles. The van der Waals surface area contributed by atoms with Crippen molar-refractivity contribution in [3.63, 3.8) is 0 Å². The maximum Gasteiger partial charge on any atom is 0.0471 e. The van der Waals surface area contributed by atoms with E-state index in [0.717, 1.165) is 13.2 Å².